The van der Waals surface area contributed by atoms with Crippen LogP contribution in [0.4, 0.5) is 10.6 Å². The van der Waals surface area contributed by atoms with Gasteiger partial charge in [-0.2, -0.15) is 0 Å². The number of carbonyl (C=O) groups excluding carboxylic acids is 2. The molecule has 44 heavy (non-hydrogen) atoms. The Morgan fingerprint density at radius 2 is 1.77 bits per heavy atom. The van der Waals surface area contributed by atoms with Gasteiger partial charge in [0.2, 0.25) is 0 Å². The highest BCUT2D eigenvalue weighted by atomic mass is 16.6. The number of hydrogen-bond acceptors (Lipinski definition) is 8. The predicted octanol–water partition coefficient (Wildman–Crippen LogP) is 6.69. The molecule has 0 bridgehead atoms. The van der Waals surface area contributed by atoms with Crippen molar-refractivity contribution in [2.45, 2.75) is 95.0 Å². The highest BCUT2D eigenvalue weighted by molar-refractivity contribution is 6.00. The molecule has 3 aliphatic rings. The highest BCUT2D eigenvalue weighted by Crippen LogP contribution is 2.41. The maximum atomic E-state index is 14.6. The Hall–Kier alpha value is -3.95. The van der Waals surface area contributed by atoms with Crippen molar-refractivity contribution >= 4 is 17.8 Å². The monoisotopic (exact) mass is 601 g/mol. The number of nitrogens with zero attached hydrogens (tertiary/aromatic N) is 4. The Kier molecular flexibility index (Phi) is 8.86. The van der Waals surface area contributed by atoms with Crippen LogP contribution >= 0.6 is 0 Å². The standard InChI is InChI=1S/C34H43N5O5/c1-22-29(42-3)14-13-27(37-22)24-9-7-23(8-10-24)20-39(32(40)34(44-33(41)35-2)16-5-4-6-17-34)30-19-26(15-18-36-30)28-21-43-31(38-28)25-11-12-25/h13-15,18-19,21,23-25H,4-12,16-17,20H2,1-3H3,(H,35,41)/t23-,24-. The summed E-state index contributed by atoms with van der Waals surface area (Å²) in [5.74, 6) is 2.97. The highest BCUT2D eigenvalue weighted by Gasteiger charge is 2.47. The first-order valence-electron chi connectivity index (χ1n) is 16.0. The lowest BCUT2D eigenvalue weighted by molar-refractivity contribution is -0.140. The molecule has 3 aromatic rings. The molecule has 0 aromatic carbocycles. The van der Waals surface area contributed by atoms with E-state index in [1.165, 1.54) is 7.05 Å². The van der Waals surface area contributed by atoms with Gasteiger partial charge in [-0.05, 0) is 101 Å². The van der Waals surface area contributed by atoms with Crippen molar-refractivity contribution in [1.82, 2.24) is 20.3 Å². The second-order valence-corrected chi connectivity index (χ2v) is 12.6. The molecule has 6 rings (SSSR count). The number of nitrogens with one attached hydrogen (secondary N) is 1. The maximum absolute atomic E-state index is 14.6. The zero-order valence-electron chi connectivity index (χ0n) is 26.0. The van der Waals surface area contributed by atoms with Gasteiger partial charge in [-0.3, -0.25) is 14.7 Å². The van der Waals surface area contributed by atoms with Gasteiger partial charge in [0, 0.05) is 42.9 Å². The average molecular weight is 602 g/mol. The Morgan fingerprint density at radius 1 is 1.02 bits per heavy atom. The van der Waals surface area contributed by atoms with Crippen molar-refractivity contribution in [3.8, 4) is 17.0 Å². The number of alkyl carbamates (subject to hydrolysis) is 1. The molecule has 0 radical (unpaired) electrons. The minimum absolute atomic E-state index is 0.196. The van der Waals surface area contributed by atoms with Gasteiger partial charge in [0.15, 0.2) is 11.5 Å². The number of aromatic nitrogens is 3. The molecule has 0 aliphatic heterocycles. The fourth-order valence-electron chi connectivity index (χ4n) is 6.81. The fraction of sp³-hybridized carbons (Fsp3) is 0.559. The average Bonchev–Trinajstić information content (AvgIpc) is 3.79. The molecule has 3 aliphatic carbocycles. The van der Waals surface area contributed by atoms with Crippen LogP contribution in [0.1, 0.15) is 99.7 Å². The molecule has 0 saturated heterocycles. The van der Waals surface area contributed by atoms with Crippen molar-refractivity contribution < 1.29 is 23.5 Å². The SMILES string of the molecule is CNC(=O)OC1(C(=O)N(C[C@H]2CC[C@H](c3ccc(OC)c(C)n3)CC2)c2cc(-c3coc(C4CC4)n3)ccn2)CCCCC1. The van der Waals surface area contributed by atoms with E-state index >= 15 is 0 Å². The molecule has 10 nitrogen and oxygen atoms in total. The molecular weight excluding hydrogens is 558 g/mol. The summed E-state index contributed by atoms with van der Waals surface area (Å²) in [5.41, 5.74) is 2.37. The van der Waals surface area contributed by atoms with Crippen LogP contribution in [0.15, 0.2) is 41.1 Å². The van der Waals surface area contributed by atoms with Crippen molar-refractivity contribution in [2.24, 2.45) is 5.92 Å². The third-order valence-electron chi connectivity index (χ3n) is 9.54. The summed E-state index contributed by atoms with van der Waals surface area (Å²) < 4.78 is 17.1. The third kappa shape index (κ3) is 6.44. The molecule has 234 valence electrons. The van der Waals surface area contributed by atoms with Gasteiger partial charge >= 0.3 is 6.09 Å². The minimum atomic E-state index is -1.22. The van der Waals surface area contributed by atoms with E-state index in [2.05, 4.69) is 16.4 Å². The van der Waals surface area contributed by atoms with E-state index in [0.717, 1.165) is 92.1 Å². The van der Waals surface area contributed by atoms with Crippen molar-refractivity contribution in [3.05, 3.63) is 54.0 Å². The number of ether oxygens (including phenoxy) is 2. The topological polar surface area (TPSA) is 120 Å². The van der Waals surface area contributed by atoms with Crippen LogP contribution in [0, 0.1) is 12.8 Å². The van der Waals surface area contributed by atoms with E-state index in [1.54, 1.807) is 24.5 Å². The zero-order chi connectivity index (χ0) is 30.7. The zero-order valence-corrected chi connectivity index (χ0v) is 26.0. The van der Waals surface area contributed by atoms with Crippen molar-refractivity contribution in [1.29, 1.82) is 0 Å². The first kappa shape index (κ1) is 30.1. The van der Waals surface area contributed by atoms with Gasteiger partial charge in [0.05, 0.1) is 12.8 Å². The van der Waals surface area contributed by atoms with Crippen LogP contribution in [-0.2, 0) is 9.53 Å². The number of anilines is 1. The van der Waals surface area contributed by atoms with E-state index in [9.17, 15) is 9.59 Å². The van der Waals surface area contributed by atoms with Gasteiger partial charge in [0.1, 0.15) is 23.5 Å². The number of hydrogen-bond donors (Lipinski definition) is 1. The summed E-state index contributed by atoms with van der Waals surface area (Å²) in [6.07, 6.45) is 12.6. The van der Waals surface area contributed by atoms with Crippen molar-refractivity contribution in [2.75, 3.05) is 25.6 Å². The van der Waals surface area contributed by atoms with Gasteiger partial charge in [-0.1, -0.05) is 6.42 Å². The first-order chi connectivity index (χ1) is 21.4. The van der Waals surface area contributed by atoms with Crippen LogP contribution < -0.4 is 15.0 Å². The van der Waals surface area contributed by atoms with Gasteiger partial charge in [-0.25, -0.2) is 14.8 Å². The maximum Gasteiger partial charge on any atom is 0.407 e. The Labute approximate surface area is 259 Å². The summed E-state index contributed by atoms with van der Waals surface area (Å²) in [6.45, 7) is 2.48. The number of pyridine rings is 2. The van der Waals surface area contributed by atoms with Crippen LogP contribution in [0.25, 0.3) is 11.3 Å². The van der Waals surface area contributed by atoms with Crippen molar-refractivity contribution in [3.63, 3.8) is 0 Å². The lowest BCUT2D eigenvalue weighted by Gasteiger charge is -2.40. The summed E-state index contributed by atoms with van der Waals surface area (Å²) in [6, 6.07) is 7.89. The van der Waals surface area contributed by atoms with Gasteiger partial charge in [0.25, 0.3) is 5.91 Å². The summed E-state index contributed by atoms with van der Waals surface area (Å²) in [7, 11) is 3.19. The molecule has 3 aromatic heterocycles. The van der Waals surface area contributed by atoms with E-state index in [1.807, 2.05) is 25.1 Å². The number of carbonyl (C=O) groups is 2. The Balaban J connectivity index is 1.26. The molecule has 3 heterocycles. The molecule has 3 fully saturated rings. The lowest BCUT2D eigenvalue weighted by Crippen LogP contribution is -2.55. The molecule has 1 N–H and O–H groups in total. The number of rotatable bonds is 9. The number of methoxy groups -OCH3 is 1. The van der Waals surface area contributed by atoms with E-state index < -0.39 is 11.7 Å². The predicted molar refractivity (Wildman–Crippen MR) is 166 cm³/mol. The molecule has 10 heteroatoms. The van der Waals surface area contributed by atoms with Gasteiger partial charge < -0.3 is 19.2 Å². The van der Waals surface area contributed by atoms with E-state index in [4.69, 9.17) is 23.9 Å². The molecule has 0 atom stereocenters. The van der Waals surface area contributed by atoms with Gasteiger partial charge in [-0.15, -0.1) is 0 Å². The minimum Gasteiger partial charge on any atom is -0.495 e. The summed E-state index contributed by atoms with van der Waals surface area (Å²) in [5, 5.41) is 2.55. The molecule has 0 spiro atoms. The second-order valence-electron chi connectivity index (χ2n) is 12.6. The largest absolute Gasteiger partial charge is 0.495 e. The lowest BCUT2D eigenvalue weighted by atomic mass is 9.79. The molecule has 2 amide bonds. The smallest absolute Gasteiger partial charge is 0.407 e. The molecule has 0 unspecified atom stereocenters. The first-order valence-corrected chi connectivity index (χ1v) is 16.0. The summed E-state index contributed by atoms with van der Waals surface area (Å²) in [4.78, 5) is 43.1. The van der Waals surface area contributed by atoms with E-state index in [-0.39, 0.29) is 11.8 Å². The number of amides is 2. The Bertz CT molecular complexity index is 1470. The summed E-state index contributed by atoms with van der Waals surface area (Å²) >= 11 is 0. The Morgan fingerprint density at radius 3 is 2.45 bits per heavy atom. The number of oxazole rings is 1. The quantitative estimate of drug-likeness (QED) is 0.288. The normalized spacial score (nSPS) is 21.3. The fourth-order valence-corrected chi connectivity index (χ4v) is 6.81. The van der Waals surface area contributed by atoms with Crippen LogP contribution in [0.5, 0.6) is 5.75 Å². The van der Waals surface area contributed by atoms with Crippen LogP contribution in [0.3, 0.4) is 0 Å². The van der Waals surface area contributed by atoms with Crippen LogP contribution in [-0.4, -0.2) is 53.3 Å². The molecular formula is C34H43N5O5. The van der Waals surface area contributed by atoms with Crippen LogP contribution in [0.2, 0.25) is 0 Å². The number of aryl methyl sites for hydroxylation is 1. The second kappa shape index (κ2) is 13.0. The molecule has 3 saturated carbocycles. The van der Waals surface area contributed by atoms with E-state index in [0.29, 0.717) is 37.0 Å². The third-order valence-corrected chi connectivity index (χ3v) is 9.54.